The van der Waals surface area contributed by atoms with Crippen molar-refractivity contribution in [2.24, 2.45) is 5.14 Å². The zero-order chi connectivity index (χ0) is 16.9. The van der Waals surface area contributed by atoms with Crippen LogP contribution in [0.3, 0.4) is 0 Å². The number of rotatable bonds is 6. The van der Waals surface area contributed by atoms with Crippen LogP contribution >= 0.6 is 24.8 Å². The second-order valence-corrected chi connectivity index (χ2v) is 7.18. The van der Waals surface area contributed by atoms with Crippen molar-refractivity contribution < 1.29 is 13.2 Å². The van der Waals surface area contributed by atoms with E-state index in [-0.39, 0.29) is 35.6 Å². The summed E-state index contributed by atoms with van der Waals surface area (Å²) in [5, 5.41) is 8.14. The minimum absolute atomic E-state index is 0. The molecule has 144 valence electrons. The van der Waals surface area contributed by atoms with Gasteiger partial charge < -0.3 is 15.1 Å². The molecule has 0 bridgehead atoms. The van der Waals surface area contributed by atoms with Gasteiger partial charge in [0.05, 0.1) is 4.90 Å². The molecular weight excluding hydrogens is 387 g/mol. The van der Waals surface area contributed by atoms with E-state index < -0.39 is 10.0 Å². The summed E-state index contributed by atoms with van der Waals surface area (Å²) >= 11 is 0. The first-order valence-electron chi connectivity index (χ1n) is 7.72. The zero-order valence-corrected chi connectivity index (χ0v) is 16.6. The van der Waals surface area contributed by atoms with Crippen molar-refractivity contribution in [1.29, 1.82) is 0 Å². The Kier molecular flexibility index (Phi) is 10.4. The van der Waals surface area contributed by atoms with Crippen molar-refractivity contribution in [1.82, 2.24) is 10.2 Å². The fourth-order valence-corrected chi connectivity index (χ4v) is 3.15. The van der Waals surface area contributed by atoms with Gasteiger partial charge in [-0.05, 0) is 44.3 Å². The molecule has 1 saturated heterocycles. The highest BCUT2D eigenvalue weighted by atomic mass is 35.5. The Morgan fingerprint density at radius 2 is 1.68 bits per heavy atom. The quantitative estimate of drug-likeness (QED) is 0.674. The van der Waals surface area contributed by atoms with Gasteiger partial charge in [-0.1, -0.05) is 0 Å². The van der Waals surface area contributed by atoms with Crippen LogP contribution in [-0.4, -0.2) is 59.0 Å². The lowest BCUT2D eigenvalue weighted by molar-refractivity contribution is -0.131. The van der Waals surface area contributed by atoms with Crippen LogP contribution in [0, 0.1) is 0 Å². The number of carbonyl (C=O) groups is 1. The molecule has 0 unspecified atom stereocenters. The van der Waals surface area contributed by atoms with Gasteiger partial charge in [-0.2, -0.15) is 0 Å². The maximum atomic E-state index is 12.1. The standard InChI is InChI=1S/C15H24N4O3S.2ClH/c1-17-8-2-3-15(20)19-11-9-18(10-12-19)13-4-6-14(7-5-13)23(16,21)22;;/h4-7,17H,2-3,8-12H2,1H3,(H2,16,21,22);2*1H. The zero-order valence-electron chi connectivity index (χ0n) is 14.2. The van der Waals surface area contributed by atoms with E-state index in [4.69, 9.17) is 5.14 Å². The van der Waals surface area contributed by atoms with Crippen molar-refractivity contribution in [3.05, 3.63) is 24.3 Å². The molecule has 1 heterocycles. The summed E-state index contributed by atoms with van der Waals surface area (Å²) < 4.78 is 22.5. The summed E-state index contributed by atoms with van der Waals surface area (Å²) in [7, 11) is -1.78. The van der Waals surface area contributed by atoms with E-state index in [2.05, 4.69) is 10.2 Å². The average molecular weight is 413 g/mol. The largest absolute Gasteiger partial charge is 0.368 e. The van der Waals surface area contributed by atoms with Crippen LogP contribution in [-0.2, 0) is 14.8 Å². The number of anilines is 1. The monoisotopic (exact) mass is 412 g/mol. The third kappa shape index (κ3) is 6.99. The van der Waals surface area contributed by atoms with E-state index >= 15 is 0 Å². The Bertz CT molecular complexity index is 633. The molecule has 1 aliphatic heterocycles. The van der Waals surface area contributed by atoms with Crippen molar-refractivity contribution in [3.8, 4) is 0 Å². The Labute approximate surface area is 161 Å². The lowest BCUT2D eigenvalue weighted by Crippen LogP contribution is -2.48. The highest BCUT2D eigenvalue weighted by molar-refractivity contribution is 7.89. The van der Waals surface area contributed by atoms with Gasteiger partial charge in [-0.3, -0.25) is 4.79 Å². The molecule has 0 aliphatic carbocycles. The summed E-state index contributed by atoms with van der Waals surface area (Å²) in [6.07, 6.45) is 1.43. The third-order valence-corrected chi connectivity index (χ3v) is 4.91. The van der Waals surface area contributed by atoms with E-state index in [0.717, 1.165) is 31.7 Å². The molecule has 25 heavy (non-hydrogen) atoms. The maximum absolute atomic E-state index is 12.1. The van der Waals surface area contributed by atoms with Crippen molar-refractivity contribution in [2.75, 3.05) is 44.7 Å². The molecule has 1 aromatic carbocycles. The van der Waals surface area contributed by atoms with E-state index in [1.165, 1.54) is 12.1 Å². The second kappa shape index (κ2) is 10.8. The number of halogens is 2. The molecule has 0 atom stereocenters. The van der Waals surface area contributed by atoms with Crippen LogP contribution in [0.5, 0.6) is 0 Å². The highest BCUT2D eigenvalue weighted by Crippen LogP contribution is 2.19. The number of hydrogen-bond acceptors (Lipinski definition) is 5. The van der Waals surface area contributed by atoms with Gasteiger partial charge in [-0.15, -0.1) is 24.8 Å². The predicted octanol–water partition coefficient (Wildman–Crippen LogP) is 0.826. The van der Waals surface area contributed by atoms with Crippen molar-refractivity contribution in [3.63, 3.8) is 0 Å². The minimum Gasteiger partial charge on any atom is -0.368 e. The topological polar surface area (TPSA) is 95.7 Å². The lowest BCUT2D eigenvalue weighted by Gasteiger charge is -2.36. The molecule has 3 N–H and O–H groups in total. The Morgan fingerprint density at radius 3 is 2.16 bits per heavy atom. The molecule has 10 heteroatoms. The average Bonchev–Trinajstić information content (AvgIpc) is 2.54. The molecule has 0 spiro atoms. The fourth-order valence-electron chi connectivity index (χ4n) is 2.64. The Morgan fingerprint density at radius 1 is 1.12 bits per heavy atom. The van der Waals surface area contributed by atoms with E-state index in [0.29, 0.717) is 19.5 Å². The molecule has 7 nitrogen and oxygen atoms in total. The van der Waals surface area contributed by atoms with Crippen molar-refractivity contribution in [2.45, 2.75) is 17.7 Å². The molecule has 1 fully saturated rings. The summed E-state index contributed by atoms with van der Waals surface area (Å²) in [5.41, 5.74) is 0.944. The van der Waals surface area contributed by atoms with Crippen LogP contribution in [0.2, 0.25) is 0 Å². The van der Waals surface area contributed by atoms with Gasteiger partial charge in [0.2, 0.25) is 15.9 Å². The van der Waals surface area contributed by atoms with E-state index in [1.807, 2.05) is 11.9 Å². The molecule has 1 aromatic rings. The van der Waals surface area contributed by atoms with Gasteiger partial charge in [-0.25, -0.2) is 13.6 Å². The van der Waals surface area contributed by atoms with Crippen LogP contribution in [0.15, 0.2) is 29.2 Å². The molecule has 0 aromatic heterocycles. The smallest absolute Gasteiger partial charge is 0.238 e. The van der Waals surface area contributed by atoms with Gasteiger partial charge in [0.15, 0.2) is 0 Å². The molecule has 0 radical (unpaired) electrons. The first-order valence-corrected chi connectivity index (χ1v) is 9.26. The Hall–Kier alpha value is -1.06. The number of primary sulfonamides is 1. The van der Waals surface area contributed by atoms with Crippen LogP contribution in [0.4, 0.5) is 5.69 Å². The summed E-state index contributed by atoms with van der Waals surface area (Å²) in [6.45, 7) is 3.71. The molecular formula is C15H26Cl2N4O3S. The highest BCUT2D eigenvalue weighted by Gasteiger charge is 2.21. The number of sulfonamides is 1. The third-order valence-electron chi connectivity index (χ3n) is 3.98. The van der Waals surface area contributed by atoms with Crippen molar-refractivity contribution >= 4 is 46.4 Å². The Balaban J connectivity index is 0.00000288. The van der Waals surface area contributed by atoms with Gasteiger partial charge >= 0.3 is 0 Å². The fraction of sp³-hybridized carbons (Fsp3) is 0.533. The molecule has 1 amide bonds. The van der Waals surface area contributed by atoms with Gasteiger partial charge in [0, 0.05) is 38.3 Å². The van der Waals surface area contributed by atoms with Gasteiger partial charge in [0.1, 0.15) is 0 Å². The normalized spacial score (nSPS) is 14.5. The van der Waals surface area contributed by atoms with E-state index in [1.54, 1.807) is 12.1 Å². The van der Waals surface area contributed by atoms with Crippen LogP contribution in [0.25, 0.3) is 0 Å². The summed E-state index contributed by atoms with van der Waals surface area (Å²) in [6, 6.07) is 6.54. The number of hydrogen-bond donors (Lipinski definition) is 2. The predicted molar refractivity (Wildman–Crippen MR) is 104 cm³/mol. The second-order valence-electron chi connectivity index (χ2n) is 5.61. The first kappa shape index (κ1) is 23.9. The number of carbonyl (C=O) groups excluding carboxylic acids is 1. The maximum Gasteiger partial charge on any atom is 0.238 e. The van der Waals surface area contributed by atoms with Gasteiger partial charge in [0.25, 0.3) is 0 Å². The number of nitrogens with two attached hydrogens (primary N) is 1. The molecule has 1 aliphatic rings. The minimum atomic E-state index is -3.66. The van der Waals surface area contributed by atoms with Crippen LogP contribution < -0.4 is 15.4 Å². The first-order chi connectivity index (χ1) is 10.9. The number of nitrogens with zero attached hydrogens (tertiary/aromatic N) is 2. The molecule has 0 saturated carbocycles. The summed E-state index contributed by atoms with van der Waals surface area (Å²) in [5.74, 6) is 0.199. The molecule has 2 rings (SSSR count). The number of piperazine rings is 1. The SMILES string of the molecule is CNCCCC(=O)N1CCN(c2ccc(S(N)(=O)=O)cc2)CC1.Cl.Cl. The number of benzene rings is 1. The van der Waals surface area contributed by atoms with E-state index in [9.17, 15) is 13.2 Å². The number of amides is 1. The summed E-state index contributed by atoms with van der Waals surface area (Å²) in [4.78, 5) is 16.2. The van der Waals surface area contributed by atoms with Crippen LogP contribution in [0.1, 0.15) is 12.8 Å². The lowest BCUT2D eigenvalue weighted by atomic mass is 10.2. The number of nitrogens with one attached hydrogen (secondary N) is 1.